The minimum absolute atomic E-state index is 0.396. The number of nitrogens with zero attached hydrogens (tertiary/aromatic N) is 2. The molecule has 16 heavy (non-hydrogen) atoms. The van der Waals surface area contributed by atoms with Crippen molar-refractivity contribution in [2.24, 2.45) is 10.7 Å². The number of likely N-dealkylation sites (N-methyl/N-ethyl adjacent to an activating group) is 1. The first-order valence-corrected chi connectivity index (χ1v) is 6.35. The number of rotatable bonds is 7. The van der Waals surface area contributed by atoms with Crippen molar-refractivity contribution in [1.29, 1.82) is 0 Å². The predicted octanol–water partition coefficient (Wildman–Crippen LogP) is 1.42. The summed E-state index contributed by atoms with van der Waals surface area (Å²) in [6.45, 7) is 13.6. The molecule has 0 aliphatic carbocycles. The first kappa shape index (κ1) is 15.2. The third kappa shape index (κ3) is 5.95. The zero-order valence-corrected chi connectivity index (χ0v) is 11.5. The smallest absolute Gasteiger partial charge is 0.188 e. The van der Waals surface area contributed by atoms with Crippen LogP contribution < -0.4 is 11.1 Å². The van der Waals surface area contributed by atoms with Crippen molar-refractivity contribution in [3.8, 4) is 0 Å². The molecule has 0 spiro atoms. The van der Waals surface area contributed by atoms with Gasteiger partial charge in [0, 0.05) is 12.1 Å². The van der Waals surface area contributed by atoms with Crippen LogP contribution in [0, 0.1) is 0 Å². The Kier molecular flexibility index (Phi) is 7.99. The van der Waals surface area contributed by atoms with Crippen LogP contribution in [0.5, 0.6) is 0 Å². The number of hydrogen-bond acceptors (Lipinski definition) is 2. The lowest BCUT2D eigenvalue weighted by Gasteiger charge is -2.25. The average Bonchev–Trinajstić information content (AvgIpc) is 2.27. The Morgan fingerprint density at radius 1 is 1.25 bits per heavy atom. The van der Waals surface area contributed by atoms with Gasteiger partial charge in [-0.3, -0.25) is 9.89 Å². The van der Waals surface area contributed by atoms with Gasteiger partial charge in [0.15, 0.2) is 5.96 Å². The van der Waals surface area contributed by atoms with Crippen molar-refractivity contribution in [3.05, 3.63) is 0 Å². The van der Waals surface area contributed by atoms with Gasteiger partial charge in [0.05, 0.1) is 6.54 Å². The fraction of sp³-hybridized carbons (Fsp3) is 0.917. The van der Waals surface area contributed by atoms with Crippen molar-refractivity contribution in [1.82, 2.24) is 10.2 Å². The molecule has 0 radical (unpaired) electrons. The van der Waals surface area contributed by atoms with Gasteiger partial charge in [-0.2, -0.15) is 0 Å². The highest BCUT2D eigenvalue weighted by atomic mass is 15.2. The number of nitrogens with one attached hydrogen (secondary N) is 1. The van der Waals surface area contributed by atoms with E-state index in [1.165, 1.54) is 0 Å². The molecule has 0 heterocycles. The lowest BCUT2D eigenvalue weighted by molar-refractivity contribution is 0.237. The molecule has 0 aromatic carbocycles. The number of guanidine groups is 1. The molecule has 2 atom stereocenters. The Balaban J connectivity index is 4.04. The topological polar surface area (TPSA) is 53.6 Å². The molecular weight excluding hydrogens is 200 g/mol. The van der Waals surface area contributed by atoms with Gasteiger partial charge >= 0.3 is 0 Å². The summed E-state index contributed by atoms with van der Waals surface area (Å²) in [6, 6.07) is 0.847. The fourth-order valence-electron chi connectivity index (χ4n) is 1.59. The van der Waals surface area contributed by atoms with Crippen molar-refractivity contribution in [2.75, 3.05) is 19.6 Å². The average molecular weight is 228 g/mol. The molecule has 0 fully saturated rings. The molecule has 3 N–H and O–H groups in total. The van der Waals surface area contributed by atoms with Crippen LogP contribution in [0.3, 0.4) is 0 Å². The summed E-state index contributed by atoms with van der Waals surface area (Å²) in [5.41, 5.74) is 5.80. The molecule has 0 aromatic heterocycles. The molecule has 0 bridgehead atoms. The predicted molar refractivity (Wildman–Crippen MR) is 71.8 cm³/mol. The van der Waals surface area contributed by atoms with Gasteiger partial charge in [0.1, 0.15) is 0 Å². The zero-order chi connectivity index (χ0) is 12.6. The van der Waals surface area contributed by atoms with Crippen molar-refractivity contribution >= 4 is 5.96 Å². The normalized spacial score (nSPS) is 16.2. The first-order valence-electron chi connectivity index (χ1n) is 6.35. The molecule has 4 heteroatoms. The summed E-state index contributed by atoms with van der Waals surface area (Å²) in [5, 5.41) is 3.17. The standard InChI is InChI=1S/C12H28N4/c1-6-10(4)15-12(13)14-9-11(5)16(7-2)8-3/h10-11H,6-9H2,1-5H3,(H3,13,14,15)/t10-,11-/m0/s1. The Hall–Kier alpha value is -0.770. The van der Waals surface area contributed by atoms with Crippen LogP contribution in [-0.2, 0) is 0 Å². The summed E-state index contributed by atoms with van der Waals surface area (Å²) in [6.07, 6.45) is 1.06. The van der Waals surface area contributed by atoms with E-state index >= 15 is 0 Å². The summed E-state index contributed by atoms with van der Waals surface area (Å²) in [5.74, 6) is 0.563. The van der Waals surface area contributed by atoms with Gasteiger partial charge in [-0.15, -0.1) is 0 Å². The van der Waals surface area contributed by atoms with Crippen molar-refractivity contribution in [3.63, 3.8) is 0 Å². The second kappa shape index (κ2) is 8.39. The highest BCUT2D eigenvalue weighted by Gasteiger charge is 2.09. The van der Waals surface area contributed by atoms with Gasteiger partial charge in [0.2, 0.25) is 0 Å². The second-order valence-electron chi connectivity index (χ2n) is 4.25. The summed E-state index contributed by atoms with van der Waals surface area (Å²) >= 11 is 0. The molecule has 96 valence electrons. The fourth-order valence-corrected chi connectivity index (χ4v) is 1.59. The third-order valence-electron chi connectivity index (χ3n) is 2.97. The zero-order valence-electron chi connectivity index (χ0n) is 11.5. The minimum atomic E-state index is 0.396. The summed E-state index contributed by atoms with van der Waals surface area (Å²) < 4.78 is 0. The number of aliphatic imine (C=N–C) groups is 1. The van der Waals surface area contributed by atoms with E-state index in [1.54, 1.807) is 0 Å². The maximum Gasteiger partial charge on any atom is 0.188 e. The Morgan fingerprint density at radius 2 is 1.81 bits per heavy atom. The van der Waals surface area contributed by atoms with Crippen LogP contribution in [0.25, 0.3) is 0 Å². The highest BCUT2D eigenvalue weighted by Crippen LogP contribution is 1.98. The van der Waals surface area contributed by atoms with Crippen LogP contribution in [0.15, 0.2) is 4.99 Å². The third-order valence-corrected chi connectivity index (χ3v) is 2.97. The van der Waals surface area contributed by atoms with Crippen LogP contribution in [0.4, 0.5) is 0 Å². The Morgan fingerprint density at radius 3 is 2.25 bits per heavy atom. The van der Waals surface area contributed by atoms with E-state index in [0.29, 0.717) is 18.0 Å². The molecule has 0 saturated heterocycles. The molecule has 0 rings (SSSR count). The lowest BCUT2D eigenvalue weighted by Crippen LogP contribution is -2.40. The van der Waals surface area contributed by atoms with E-state index in [2.05, 4.69) is 49.8 Å². The molecule has 0 unspecified atom stereocenters. The first-order chi connectivity index (χ1) is 7.54. The van der Waals surface area contributed by atoms with E-state index in [4.69, 9.17) is 5.73 Å². The number of nitrogens with two attached hydrogens (primary N) is 1. The molecule has 0 amide bonds. The molecule has 0 saturated carbocycles. The van der Waals surface area contributed by atoms with Crippen LogP contribution >= 0.6 is 0 Å². The van der Waals surface area contributed by atoms with Crippen molar-refractivity contribution < 1.29 is 0 Å². The Bertz CT molecular complexity index is 199. The quantitative estimate of drug-likeness (QED) is 0.512. The van der Waals surface area contributed by atoms with Gasteiger partial charge in [-0.25, -0.2) is 0 Å². The minimum Gasteiger partial charge on any atom is -0.370 e. The van der Waals surface area contributed by atoms with Gasteiger partial charge in [-0.05, 0) is 33.4 Å². The SMILES string of the molecule is CC[C@H](C)NC(N)=NC[C@H](C)N(CC)CC. The Labute approximate surface area is 100 Å². The van der Waals surface area contributed by atoms with Gasteiger partial charge < -0.3 is 11.1 Å². The molecule has 4 nitrogen and oxygen atoms in total. The van der Waals surface area contributed by atoms with Crippen LogP contribution in [-0.4, -0.2) is 42.6 Å². The maximum absolute atomic E-state index is 5.80. The molecular formula is C12H28N4. The molecule has 0 aliphatic rings. The van der Waals surface area contributed by atoms with E-state index in [-0.39, 0.29) is 0 Å². The summed E-state index contributed by atoms with van der Waals surface area (Å²) in [7, 11) is 0. The van der Waals surface area contributed by atoms with E-state index in [9.17, 15) is 0 Å². The highest BCUT2D eigenvalue weighted by molar-refractivity contribution is 5.78. The largest absolute Gasteiger partial charge is 0.370 e. The van der Waals surface area contributed by atoms with Gasteiger partial charge in [-0.1, -0.05) is 20.8 Å². The summed E-state index contributed by atoms with van der Waals surface area (Å²) in [4.78, 5) is 6.75. The van der Waals surface area contributed by atoms with Crippen LogP contribution in [0.1, 0.15) is 41.0 Å². The van der Waals surface area contributed by atoms with Gasteiger partial charge in [0.25, 0.3) is 0 Å². The van der Waals surface area contributed by atoms with E-state index < -0.39 is 0 Å². The maximum atomic E-state index is 5.80. The monoisotopic (exact) mass is 228 g/mol. The van der Waals surface area contributed by atoms with Crippen molar-refractivity contribution in [2.45, 2.75) is 53.1 Å². The van der Waals surface area contributed by atoms with E-state index in [1.807, 2.05) is 0 Å². The lowest BCUT2D eigenvalue weighted by atomic mass is 10.2. The van der Waals surface area contributed by atoms with Crippen LogP contribution in [0.2, 0.25) is 0 Å². The number of hydrogen-bond donors (Lipinski definition) is 2. The second-order valence-corrected chi connectivity index (χ2v) is 4.25. The molecule has 0 aromatic rings. The molecule has 0 aliphatic heterocycles. The van der Waals surface area contributed by atoms with E-state index in [0.717, 1.165) is 26.1 Å².